The molecule has 1 aliphatic carbocycles. The van der Waals surface area contributed by atoms with Gasteiger partial charge in [0.25, 0.3) is 0 Å². The highest BCUT2D eigenvalue weighted by molar-refractivity contribution is 14.1. The summed E-state index contributed by atoms with van der Waals surface area (Å²) in [4.78, 5) is 0.824. The van der Waals surface area contributed by atoms with Crippen molar-refractivity contribution in [3.05, 3.63) is 27.6 Å². The minimum Gasteiger partial charge on any atom is -0.507 e. The molecule has 1 fully saturated rings. The van der Waals surface area contributed by atoms with Crippen molar-refractivity contribution in [2.24, 2.45) is 0 Å². The molecule has 108 valence electrons. The van der Waals surface area contributed by atoms with Crippen LogP contribution in [0.15, 0.2) is 18.2 Å². The van der Waals surface area contributed by atoms with Gasteiger partial charge >= 0.3 is 0 Å². The van der Waals surface area contributed by atoms with E-state index in [0.29, 0.717) is 5.92 Å². The predicted molar refractivity (Wildman–Crippen MR) is 89.7 cm³/mol. The molecule has 4 rings (SSSR count). The zero-order valence-electron chi connectivity index (χ0n) is 11.2. The van der Waals surface area contributed by atoms with Crippen molar-refractivity contribution < 1.29 is 5.11 Å². The van der Waals surface area contributed by atoms with E-state index >= 15 is 0 Å². The molecular weight excluding hydrogens is 399 g/mol. The lowest BCUT2D eigenvalue weighted by atomic mass is 10.1. The first-order valence-corrected chi connectivity index (χ1v) is 8.83. The van der Waals surface area contributed by atoms with Crippen molar-refractivity contribution in [3.8, 4) is 16.3 Å². The Kier molecular flexibility index (Phi) is 3.33. The number of hydrogen-bond donors (Lipinski definition) is 1. The molecule has 7 heteroatoms. The Labute approximate surface area is 139 Å². The number of fused-ring (bicyclic) bond motifs is 1. The van der Waals surface area contributed by atoms with Crippen molar-refractivity contribution in [2.45, 2.75) is 31.6 Å². The monoisotopic (exact) mass is 412 g/mol. The molecule has 0 aliphatic heterocycles. The van der Waals surface area contributed by atoms with E-state index in [-0.39, 0.29) is 5.75 Å². The SMILES string of the molecule is Oc1cc(-c2nn3c(C4CCCC4)nnc3s2)ccc1I. The van der Waals surface area contributed by atoms with E-state index in [1.54, 1.807) is 6.07 Å². The molecule has 1 aliphatic rings. The van der Waals surface area contributed by atoms with Crippen LogP contribution in [0.2, 0.25) is 0 Å². The predicted octanol–water partition coefficient (Wildman–Crippen LogP) is 3.82. The summed E-state index contributed by atoms with van der Waals surface area (Å²) in [6.45, 7) is 0. The third kappa shape index (κ3) is 2.32. The molecule has 1 N–H and O–H groups in total. The Hall–Kier alpha value is -1.22. The number of phenols is 1. The molecule has 0 unspecified atom stereocenters. The molecule has 2 aromatic heterocycles. The molecular formula is C14H13IN4OS. The second kappa shape index (κ2) is 5.20. The van der Waals surface area contributed by atoms with Crippen LogP contribution in [0, 0.1) is 3.57 Å². The van der Waals surface area contributed by atoms with Gasteiger partial charge in [0, 0.05) is 11.5 Å². The van der Waals surface area contributed by atoms with Crippen molar-refractivity contribution in [1.29, 1.82) is 0 Å². The Morgan fingerprint density at radius 3 is 2.81 bits per heavy atom. The quantitative estimate of drug-likeness (QED) is 0.651. The van der Waals surface area contributed by atoms with Gasteiger partial charge in [-0.25, -0.2) is 0 Å². The number of phenolic OH excluding ortho intramolecular Hbond substituents is 1. The van der Waals surface area contributed by atoms with Crippen LogP contribution in [0.25, 0.3) is 15.5 Å². The Bertz CT molecular complexity index is 807. The highest BCUT2D eigenvalue weighted by Crippen LogP contribution is 2.35. The standard InChI is InChI=1S/C14H13IN4OS/c15-10-6-5-9(7-11(10)20)13-18-19-12(8-3-1-2-4-8)16-17-14(19)21-13/h5-8,20H,1-4H2. The molecule has 0 spiro atoms. The summed E-state index contributed by atoms with van der Waals surface area (Å²) in [7, 11) is 0. The minimum atomic E-state index is 0.287. The maximum Gasteiger partial charge on any atom is 0.234 e. The average Bonchev–Trinajstić information content (AvgIpc) is 3.16. The van der Waals surface area contributed by atoms with Crippen LogP contribution in [-0.4, -0.2) is 24.9 Å². The first kappa shape index (κ1) is 13.4. The minimum absolute atomic E-state index is 0.287. The van der Waals surface area contributed by atoms with E-state index in [2.05, 4.69) is 37.9 Å². The van der Waals surface area contributed by atoms with Gasteiger partial charge in [-0.3, -0.25) is 0 Å². The number of benzene rings is 1. The van der Waals surface area contributed by atoms with Crippen molar-refractivity contribution in [1.82, 2.24) is 19.8 Å². The van der Waals surface area contributed by atoms with E-state index in [1.165, 1.54) is 37.0 Å². The lowest BCUT2D eigenvalue weighted by molar-refractivity contribution is 0.472. The molecule has 0 amide bonds. The zero-order valence-corrected chi connectivity index (χ0v) is 14.1. The number of aromatic nitrogens is 4. The molecule has 0 bridgehead atoms. The first-order valence-electron chi connectivity index (χ1n) is 6.93. The van der Waals surface area contributed by atoms with E-state index in [4.69, 9.17) is 0 Å². The highest BCUT2D eigenvalue weighted by Gasteiger charge is 2.24. The summed E-state index contributed by atoms with van der Waals surface area (Å²) in [5.74, 6) is 1.76. The number of rotatable bonds is 2. The molecule has 1 aromatic carbocycles. The molecule has 0 atom stereocenters. The van der Waals surface area contributed by atoms with Gasteiger partial charge in [-0.15, -0.1) is 10.2 Å². The number of aromatic hydroxyl groups is 1. The summed E-state index contributed by atoms with van der Waals surface area (Å²) in [6.07, 6.45) is 4.89. The summed E-state index contributed by atoms with van der Waals surface area (Å²) in [6, 6.07) is 5.62. The maximum atomic E-state index is 9.85. The van der Waals surface area contributed by atoms with Gasteiger partial charge in [-0.1, -0.05) is 30.2 Å². The molecule has 5 nitrogen and oxygen atoms in total. The van der Waals surface area contributed by atoms with Crippen LogP contribution in [0.4, 0.5) is 0 Å². The van der Waals surface area contributed by atoms with Crippen molar-refractivity contribution >= 4 is 38.9 Å². The lowest BCUT2D eigenvalue weighted by Gasteiger charge is -2.03. The Balaban J connectivity index is 1.78. The third-order valence-corrected chi connectivity index (χ3v) is 5.79. The van der Waals surface area contributed by atoms with Gasteiger partial charge in [-0.2, -0.15) is 9.61 Å². The Morgan fingerprint density at radius 1 is 1.24 bits per heavy atom. The van der Waals surface area contributed by atoms with E-state index in [9.17, 15) is 5.11 Å². The molecule has 0 radical (unpaired) electrons. The molecule has 2 heterocycles. The van der Waals surface area contributed by atoms with E-state index in [0.717, 1.165) is 24.9 Å². The second-order valence-corrected chi connectivity index (χ2v) is 7.43. The van der Waals surface area contributed by atoms with Gasteiger partial charge in [0.2, 0.25) is 4.96 Å². The summed E-state index contributed by atoms with van der Waals surface area (Å²) in [5, 5.41) is 23.9. The summed E-state index contributed by atoms with van der Waals surface area (Å²) < 4.78 is 2.72. The van der Waals surface area contributed by atoms with Crippen LogP contribution in [0.1, 0.15) is 37.4 Å². The first-order chi connectivity index (χ1) is 10.2. The second-order valence-electron chi connectivity index (χ2n) is 5.31. The van der Waals surface area contributed by atoms with Crippen LogP contribution >= 0.6 is 33.9 Å². The average molecular weight is 412 g/mol. The molecule has 21 heavy (non-hydrogen) atoms. The fourth-order valence-electron chi connectivity index (χ4n) is 2.83. The van der Waals surface area contributed by atoms with Crippen LogP contribution in [0.3, 0.4) is 0 Å². The van der Waals surface area contributed by atoms with E-state index in [1.807, 2.05) is 16.6 Å². The van der Waals surface area contributed by atoms with Crippen LogP contribution in [0.5, 0.6) is 5.75 Å². The molecule has 1 saturated carbocycles. The number of halogens is 1. The van der Waals surface area contributed by atoms with E-state index < -0.39 is 0 Å². The van der Waals surface area contributed by atoms with Crippen molar-refractivity contribution in [2.75, 3.05) is 0 Å². The molecule has 0 saturated heterocycles. The lowest BCUT2D eigenvalue weighted by Crippen LogP contribution is -2.01. The fourth-order valence-corrected chi connectivity index (χ4v) is 4.01. The van der Waals surface area contributed by atoms with Crippen LogP contribution < -0.4 is 0 Å². The van der Waals surface area contributed by atoms with Gasteiger partial charge in [0.15, 0.2) is 5.82 Å². The van der Waals surface area contributed by atoms with Gasteiger partial charge in [-0.05, 0) is 47.6 Å². The largest absolute Gasteiger partial charge is 0.507 e. The van der Waals surface area contributed by atoms with Gasteiger partial charge < -0.3 is 5.11 Å². The number of hydrogen-bond acceptors (Lipinski definition) is 5. The van der Waals surface area contributed by atoms with Gasteiger partial charge in [0.05, 0.1) is 3.57 Å². The van der Waals surface area contributed by atoms with Crippen molar-refractivity contribution in [3.63, 3.8) is 0 Å². The summed E-state index contributed by atoms with van der Waals surface area (Å²) in [5.41, 5.74) is 0.917. The zero-order chi connectivity index (χ0) is 14.4. The molecule has 3 aromatic rings. The maximum absolute atomic E-state index is 9.85. The summed E-state index contributed by atoms with van der Waals surface area (Å²) >= 11 is 3.62. The normalized spacial score (nSPS) is 16.0. The third-order valence-electron chi connectivity index (χ3n) is 3.93. The Morgan fingerprint density at radius 2 is 2.05 bits per heavy atom. The van der Waals surface area contributed by atoms with Gasteiger partial charge in [0.1, 0.15) is 10.8 Å². The smallest absolute Gasteiger partial charge is 0.234 e. The van der Waals surface area contributed by atoms with Crippen LogP contribution in [-0.2, 0) is 0 Å². The highest BCUT2D eigenvalue weighted by atomic mass is 127. The topological polar surface area (TPSA) is 63.3 Å². The fraction of sp³-hybridized carbons (Fsp3) is 0.357. The number of nitrogens with zero attached hydrogens (tertiary/aromatic N) is 4.